The van der Waals surface area contributed by atoms with E-state index in [2.05, 4.69) is 25.7 Å². The number of nitrogens with zero attached hydrogens (tertiary/aromatic N) is 1. The number of urea groups is 1. The van der Waals surface area contributed by atoms with E-state index in [1.165, 1.54) is 18.3 Å². The highest BCUT2D eigenvalue weighted by molar-refractivity contribution is 5.93. The number of aromatic nitrogens is 1. The number of ether oxygens (including phenoxy) is 1. The molecule has 24 heavy (non-hydrogen) atoms. The molecule has 7 nitrogen and oxygen atoms in total. The number of anilines is 1. The standard InChI is InChI=1S/C14H17F3N4O3/c15-14(16,17)8-24-11-5-4-9(7-19-11)20-13(23)21-10-3-1-2-6-18-12(10)22/h4-5,7,10H,1-3,6,8H2,(H,18,22)(H2,20,21,23)/t10-/m0/s1. The molecular weight excluding hydrogens is 329 g/mol. The molecule has 1 aliphatic heterocycles. The summed E-state index contributed by atoms with van der Waals surface area (Å²) in [6.45, 7) is -0.855. The number of rotatable bonds is 4. The van der Waals surface area contributed by atoms with Crippen LogP contribution in [0.2, 0.25) is 0 Å². The number of hydrogen-bond donors (Lipinski definition) is 3. The van der Waals surface area contributed by atoms with Crippen LogP contribution >= 0.6 is 0 Å². The van der Waals surface area contributed by atoms with Gasteiger partial charge in [-0.15, -0.1) is 0 Å². The van der Waals surface area contributed by atoms with Gasteiger partial charge in [-0.1, -0.05) is 0 Å². The van der Waals surface area contributed by atoms with Crippen LogP contribution in [0.3, 0.4) is 0 Å². The molecule has 3 N–H and O–H groups in total. The molecule has 3 amide bonds. The summed E-state index contributed by atoms with van der Waals surface area (Å²) < 4.78 is 40.5. The lowest BCUT2D eigenvalue weighted by Crippen LogP contribution is -2.47. The van der Waals surface area contributed by atoms with Gasteiger partial charge in [-0.3, -0.25) is 4.79 Å². The van der Waals surface area contributed by atoms with E-state index in [4.69, 9.17) is 0 Å². The van der Waals surface area contributed by atoms with Crippen LogP contribution in [0.15, 0.2) is 18.3 Å². The van der Waals surface area contributed by atoms with Gasteiger partial charge < -0.3 is 20.7 Å². The molecule has 0 aliphatic carbocycles. The molecule has 132 valence electrons. The number of nitrogens with one attached hydrogen (secondary N) is 3. The Morgan fingerprint density at radius 3 is 2.83 bits per heavy atom. The predicted octanol–water partition coefficient (Wildman–Crippen LogP) is 1.81. The summed E-state index contributed by atoms with van der Waals surface area (Å²) in [4.78, 5) is 27.3. The summed E-state index contributed by atoms with van der Waals surface area (Å²) in [5.41, 5.74) is 0.265. The Labute approximate surface area is 136 Å². The maximum atomic E-state index is 12.0. The number of amides is 3. The maximum Gasteiger partial charge on any atom is 0.422 e. The van der Waals surface area contributed by atoms with Gasteiger partial charge in [0, 0.05) is 12.6 Å². The molecule has 0 bridgehead atoms. The molecule has 0 spiro atoms. The van der Waals surface area contributed by atoms with Crippen LogP contribution < -0.4 is 20.7 Å². The fraction of sp³-hybridized carbons (Fsp3) is 0.500. The Kier molecular flexibility index (Phi) is 5.83. The minimum atomic E-state index is -4.45. The molecule has 2 rings (SSSR count). The number of carbonyl (C=O) groups excluding carboxylic acids is 2. The first-order valence-electron chi connectivity index (χ1n) is 7.34. The fourth-order valence-corrected chi connectivity index (χ4v) is 2.10. The zero-order valence-electron chi connectivity index (χ0n) is 12.7. The second-order valence-electron chi connectivity index (χ2n) is 5.23. The molecule has 2 heterocycles. The highest BCUT2D eigenvalue weighted by atomic mass is 19.4. The van der Waals surface area contributed by atoms with E-state index in [0.717, 1.165) is 12.8 Å². The fourth-order valence-electron chi connectivity index (χ4n) is 2.10. The van der Waals surface area contributed by atoms with Crippen molar-refractivity contribution >= 4 is 17.6 Å². The van der Waals surface area contributed by atoms with Gasteiger partial charge in [0.15, 0.2) is 6.61 Å². The van der Waals surface area contributed by atoms with Crippen molar-refractivity contribution in [3.05, 3.63) is 18.3 Å². The van der Waals surface area contributed by atoms with Gasteiger partial charge >= 0.3 is 12.2 Å². The quantitative estimate of drug-likeness (QED) is 0.775. The van der Waals surface area contributed by atoms with E-state index in [1.807, 2.05) is 0 Å². The van der Waals surface area contributed by atoms with E-state index in [9.17, 15) is 22.8 Å². The third-order valence-electron chi connectivity index (χ3n) is 3.22. The lowest BCUT2D eigenvalue weighted by molar-refractivity contribution is -0.154. The highest BCUT2D eigenvalue weighted by Gasteiger charge is 2.28. The minimum Gasteiger partial charge on any atom is -0.468 e. The Hall–Kier alpha value is -2.52. The molecule has 1 saturated heterocycles. The molecule has 10 heteroatoms. The van der Waals surface area contributed by atoms with E-state index in [1.54, 1.807) is 0 Å². The Balaban J connectivity index is 1.84. The van der Waals surface area contributed by atoms with Gasteiger partial charge in [0.25, 0.3) is 0 Å². The largest absolute Gasteiger partial charge is 0.468 e. The molecule has 0 unspecified atom stereocenters. The van der Waals surface area contributed by atoms with Crippen LogP contribution in [0, 0.1) is 0 Å². The number of hydrogen-bond acceptors (Lipinski definition) is 4. The van der Waals surface area contributed by atoms with Gasteiger partial charge in [0.1, 0.15) is 6.04 Å². The molecule has 0 saturated carbocycles. The minimum absolute atomic E-state index is 0.207. The maximum absolute atomic E-state index is 12.0. The number of halogens is 3. The van der Waals surface area contributed by atoms with Crippen LogP contribution in [-0.2, 0) is 4.79 Å². The van der Waals surface area contributed by atoms with Crippen molar-refractivity contribution in [2.24, 2.45) is 0 Å². The Morgan fingerprint density at radius 1 is 1.38 bits per heavy atom. The van der Waals surface area contributed by atoms with E-state index in [0.29, 0.717) is 13.0 Å². The van der Waals surface area contributed by atoms with Crippen molar-refractivity contribution in [2.45, 2.75) is 31.5 Å². The van der Waals surface area contributed by atoms with Gasteiger partial charge in [-0.25, -0.2) is 9.78 Å². The summed E-state index contributed by atoms with van der Waals surface area (Å²) in [6, 6.07) is 1.35. The third-order valence-corrected chi connectivity index (χ3v) is 3.22. The highest BCUT2D eigenvalue weighted by Crippen LogP contribution is 2.18. The van der Waals surface area contributed by atoms with Crippen molar-refractivity contribution in [1.29, 1.82) is 0 Å². The average molecular weight is 346 g/mol. The zero-order chi connectivity index (χ0) is 17.6. The molecule has 1 aliphatic rings. The van der Waals surface area contributed by atoms with E-state index >= 15 is 0 Å². The number of pyridine rings is 1. The van der Waals surface area contributed by atoms with Gasteiger partial charge in [0.05, 0.1) is 11.9 Å². The van der Waals surface area contributed by atoms with Crippen LogP contribution in [0.4, 0.5) is 23.7 Å². The summed E-state index contributed by atoms with van der Waals surface area (Å²) in [5.74, 6) is -0.446. The molecule has 0 radical (unpaired) electrons. The van der Waals surface area contributed by atoms with Crippen molar-refractivity contribution in [1.82, 2.24) is 15.6 Å². The SMILES string of the molecule is O=C(Nc1ccc(OCC(F)(F)F)nc1)N[C@H]1CCCCNC1=O. The van der Waals surface area contributed by atoms with Crippen molar-refractivity contribution < 1.29 is 27.5 Å². The van der Waals surface area contributed by atoms with E-state index in [-0.39, 0.29) is 17.5 Å². The topological polar surface area (TPSA) is 92.3 Å². The Bertz CT molecular complexity index is 578. The van der Waals surface area contributed by atoms with Gasteiger partial charge in [0.2, 0.25) is 11.8 Å². The number of carbonyl (C=O) groups is 2. The predicted molar refractivity (Wildman–Crippen MR) is 78.6 cm³/mol. The first-order chi connectivity index (χ1) is 11.3. The molecular formula is C14H17F3N4O3. The lowest BCUT2D eigenvalue weighted by atomic mass is 10.1. The van der Waals surface area contributed by atoms with Crippen molar-refractivity contribution in [2.75, 3.05) is 18.5 Å². The van der Waals surface area contributed by atoms with Crippen LogP contribution in [0.1, 0.15) is 19.3 Å². The smallest absolute Gasteiger partial charge is 0.422 e. The second kappa shape index (κ2) is 7.84. The summed E-state index contributed by atoms with van der Waals surface area (Å²) in [7, 11) is 0. The van der Waals surface area contributed by atoms with Gasteiger partial charge in [-0.05, 0) is 25.3 Å². The van der Waals surface area contributed by atoms with Crippen LogP contribution in [0.25, 0.3) is 0 Å². The van der Waals surface area contributed by atoms with Crippen molar-refractivity contribution in [3.8, 4) is 5.88 Å². The average Bonchev–Trinajstić information content (AvgIpc) is 2.71. The molecule has 1 aromatic heterocycles. The molecule has 1 atom stereocenters. The Morgan fingerprint density at radius 2 is 2.17 bits per heavy atom. The molecule has 1 fully saturated rings. The van der Waals surface area contributed by atoms with Gasteiger partial charge in [-0.2, -0.15) is 13.2 Å². The van der Waals surface area contributed by atoms with Crippen LogP contribution in [0.5, 0.6) is 5.88 Å². The normalized spacial score (nSPS) is 18.3. The van der Waals surface area contributed by atoms with Crippen molar-refractivity contribution in [3.63, 3.8) is 0 Å². The molecule has 1 aromatic rings. The zero-order valence-corrected chi connectivity index (χ0v) is 12.7. The summed E-state index contributed by atoms with van der Waals surface area (Å²) >= 11 is 0. The summed E-state index contributed by atoms with van der Waals surface area (Å²) in [5, 5.41) is 7.70. The first kappa shape index (κ1) is 17.8. The summed E-state index contributed by atoms with van der Waals surface area (Å²) in [6.07, 6.45) is -1.07. The third kappa shape index (κ3) is 5.94. The first-order valence-corrected chi connectivity index (χ1v) is 7.34. The molecule has 0 aromatic carbocycles. The monoisotopic (exact) mass is 346 g/mol. The lowest BCUT2D eigenvalue weighted by Gasteiger charge is -2.15. The van der Waals surface area contributed by atoms with Crippen LogP contribution in [-0.4, -0.2) is 42.3 Å². The number of alkyl halides is 3. The van der Waals surface area contributed by atoms with E-state index < -0.39 is 24.9 Å². The second-order valence-corrected chi connectivity index (χ2v) is 5.23.